The predicted octanol–water partition coefficient (Wildman–Crippen LogP) is 4.79. The number of pyridine rings is 1. The normalized spacial score (nSPS) is 12.0. The van der Waals surface area contributed by atoms with E-state index in [4.69, 9.17) is 20.6 Å². The third kappa shape index (κ3) is 8.13. The van der Waals surface area contributed by atoms with Crippen LogP contribution in [0.15, 0.2) is 84.9 Å². The van der Waals surface area contributed by atoms with E-state index < -0.39 is 23.8 Å². The minimum Gasteiger partial charge on any atom is -0.481 e. The first kappa shape index (κ1) is 33.3. The summed E-state index contributed by atoms with van der Waals surface area (Å²) in [6, 6.07) is 22.8. The lowest BCUT2D eigenvalue weighted by Crippen LogP contribution is -2.41. The minimum absolute atomic E-state index is 0.0133. The molecule has 0 aliphatic carbocycles. The number of ether oxygens (including phenoxy) is 2. The second-order valence-electron chi connectivity index (χ2n) is 10.7. The van der Waals surface area contributed by atoms with E-state index in [0.717, 1.165) is 12.0 Å². The molecule has 0 spiro atoms. The second-order valence-corrected chi connectivity index (χ2v) is 10.7. The van der Waals surface area contributed by atoms with Crippen LogP contribution in [0.1, 0.15) is 62.6 Å². The van der Waals surface area contributed by atoms with E-state index in [1.54, 1.807) is 42.5 Å². The van der Waals surface area contributed by atoms with Gasteiger partial charge < -0.3 is 30.9 Å². The summed E-state index contributed by atoms with van der Waals surface area (Å²) in [5.74, 6) is -1.68. The number of aliphatic hydroxyl groups excluding tert-OH is 1. The van der Waals surface area contributed by atoms with E-state index >= 15 is 0 Å². The number of esters is 1. The van der Waals surface area contributed by atoms with Gasteiger partial charge >= 0.3 is 5.97 Å². The third-order valence-electron chi connectivity index (χ3n) is 7.60. The van der Waals surface area contributed by atoms with Crippen LogP contribution >= 0.6 is 0 Å². The number of nitrogens with zero attached hydrogens (tertiary/aromatic N) is 1. The number of aliphatic hydroxyl groups is 1. The van der Waals surface area contributed by atoms with E-state index in [0.29, 0.717) is 22.4 Å². The molecule has 2 unspecified atom stereocenters. The summed E-state index contributed by atoms with van der Waals surface area (Å²) in [5, 5.41) is 23.1. The molecule has 238 valence electrons. The highest BCUT2D eigenvalue weighted by Crippen LogP contribution is 2.31. The van der Waals surface area contributed by atoms with Gasteiger partial charge in [0, 0.05) is 28.4 Å². The fourth-order valence-corrected chi connectivity index (χ4v) is 4.66. The average molecular weight is 624 g/mol. The van der Waals surface area contributed by atoms with Gasteiger partial charge in [-0.05, 0) is 59.5 Å². The topological polar surface area (TPSA) is 177 Å². The Kier molecular flexibility index (Phi) is 11.2. The molecule has 1 heterocycles. The Bertz CT molecular complexity index is 1710. The first-order valence-corrected chi connectivity index (χ1v) is 14.7. The summed E-state index contributed by atoms with van der Waals surface area (Å²) in [7, 11) is 1.42. The molecule has 4 rings (SSSR count). The van der Waals surface area contributed by atoms with Gasteiger partial charge in [0.2, 0.25) is 5.88 Å². The summed E-state index contributed by atoms with van der Waals surface area (Å²) >= 11 is 0. The zero-order valence-electron chi connectivity index (χ0n) is 25.9. The molecule has 0 saturated carbocycles. The van der Waals surface area contributed by atoms with E-state index in [-0.39, 0.29) is 47.7 Å². The number of nitrogen functional groups attached to an aromatic ring is 1. The number of nitrogens with two attached hydrogens (primary N) is 1. The van der Waals surface area contributed by atoms with Gasteiger partial charge in [-0.2, -0.15) is 0 Å². The molecule has 2 atom stereocenters. The van der Waals surface area contributed by atoms with Crippen molar-refractivity contribution in [3.8, 4) is 17.0 Å². The van der Waals surface area contributed by atoms with Crippen LogP contribution in [0.25, 0.3) is 11.1 Å². The maximum Gasteiger partial charge on any atom is 0.339 e. The summed E-state index contributed by atoms with van der Waals surface area (Å²) in [4.78, 5) is 44.9. The fraction of sp³-hybridized carbons (Fsp3) is 0.229. The Labute approximate surface area is 267 Å². The zero-order chi connectivity index (χ0) is 33.2. The van der Waals surface area contributed by atoms with Gasteiger partial charge in [0.1, 0.15) is 18.1 Å². The number of methoxy groups -OCH3 is 1. The van der Waals surface area contributed by atoms with Gasteiger partial charge in [-0.3, -0.25) is 15.0 Å². The number of rotatable bonds is 13. The zero-order valence-corrected chi connectivity index (χ0v) is 25.9. The maximum absolute atomic E-state index is 13.6. The van der Waals surface area contributed by atoms with Crippen molar-refractivity contribution in [3.63, 3.8) is 0 Å². The quantitative estimate of drug-likeness (QED) is 0.0802. The van der Waals surface area contributed by atoms with E-state index in [1.165, 1.54) is 19.2 Å². The molecule has 2 amide bonds. The molecule has 11 nitrogen and oxygen atoms in total. The highest BCUT2D eigenvalue weighted by Gasteiger charge is 2.25. The van der Waals surface area contributed by atoms with Crippen molar-refractivity contribution in [1.82, 2.24) is 10.3 Å². The lowest BCUT2D eigenvalue weighted by Gasteiger charge is -2.22. The number of amidine groups is 1. The fourth-order valence-electron chi connectivity index (χ4n) is 4.66. The van der Waals surface area contributed by atoms with Crippen molar-refractivity contribution >= 4 is 29.3 Å². The van der Waals surface area contributed by atoms with E-state index in [1.807, 2.05) is 44.2 Å². The number of hydrogen-bond acceptors (Lipinski definition) is 8. The molecule has 46 heavy (non-hydrogen) atoms. The van der Waals surface area contributed by atoms with Crippen LogP contribution in [0.5, 0.6) is 5.88 Å². The molecule has 1 aromatic heterocycles. The number of amides is 2. The number of hydrogen-bond donors (Lipinski definition) is 5. The van der Waals surface area contributed by atoms with Gasteiger partial charge in [-0.25, -0.2) is 9.78 Å². The van der Waals surface area contributed by atoms with Crippen molar-refractivity contribution in [2.45, 2.75) is 32.9 Å². The van der Waals surface area contributed by atoms with Crippen LogP contribution in [-0.2, 0) is 11.3 Å². The van der Waals surface area contributed by atoms with Crippen molar-refractivity contribution in [3.05, 3.63) is 113 Å². The molecule has 11 heteroatoms. The Morgan fingerprint density at radius 2 is 1.61 bits per heavy atom. The number of benzene rings is 3. The minimum atomic E-state index is -0.712. The lowest BCUT2D eigenvalue weighted by atomic mass is 9.95. The molecule has 0 radical (unpaired) electrons. The molecular weight excluding hydrogens is 586 g/mol. The van der Waals surface area contributed by atoms with Crippen molar-refractivity contribution in [1.29, 1.82) is 5.41 Å². The Balaban J connectivity index is 1.75. The molecule has 0 aliphatic heterocycles. The standard InChI is InChI=1S/C35H37N5O6/c1-4-21(2)29(19-41)39-33(42)24-12-15-26(28(18-24)35(44)46-20-22-8-6-5-7-9-22)27-16-17-30(45-3)40-31(27)34(43)38-25-13-10-23(11-14-25)32(36)37/h5-18,21,29,41H,4,19-20H2,1-3H3,(H3,36,37)(H,38,43)(H,39,42). The summed E-state index contributed by atoms with van der Waals surface area (Å²) in [6.07, 6.45) is 0.748. The summed E-state index contributed by atoms with van der Waals surface area (Å²) < 4.78 is 10.9. The predicted molar refractivity (Wildman–Crippen MR) is 175 cm³/mol. The largest absolute Gasteiger partial charge is 0.481 e. The summed E-state index contributed by atoms with van der Waals surface area (Å²) in [6.45, 7) is 3.64. The van der Waals surface area contributed by atoms with Crippen LogP contribution in [-0.4, -0.2) is 53.5 Å². The average Bonchev–Trinajstić information content (AvgIpc) is 3.09. The van der Waals surface area contributed by atoms with Crippen molar-refractivity contribution in [2.24, 2.45) is 11.7 Å². The van der Waals surface area contributed by atoms with Gasteiger partial charge in [-0.1, -0.05) is 56.7 Å². The van der Waals surface area contributed by atoms with Crippen LogP contribution < -0.4 is 21.1 Å². The number of nitrogens with one attached hydrogen (secondary N) is 3. The van der Waals surface area contributed by atoms with Gasteiger partial charge in [-0.15, -0.1) is 0 Å². The van der Waals surface area contributed by atoms with Crippen LogP contribution in [0.3, 0.4) is 0 Å². The third-order valence-corrected chi connectivity index (χ3v) is 7.60. The van der Waals surface area contributed by atoms with Crippen molar-refractivity contribution in [2.75, 3.05) is 19.0 Å². The second kappa shape index (κ2) is 15.4. The molecule has 3 aromatic carbocycles. The number of aromatic nitrogens is 1. The maximum atomic E-state index is 13.6. The molecule has 6 N–H and O–H groups in total. The molecule has 0 saturated heterocycles. The highest BCUT2D eigenvalue weighted by atomic mass is 16.5. The van der Waals surface area contributed by atoms with Gasteiger partial charge in [0.15, 0.2) is 0 Å². The Morgan fingerprint density at radius 3 is 2.24 bits per heavy atom. The lowest BCUT2D eigenvalue weighted by molar-refractivity contribution is 0.0473. The first-order chi connectivity index (χ1) is 22.1. The SMILES string of the molecule is CCC(C)C(CO)NC(=O)c1ccc(-c2ccc(OC)nc2C(=O)Nc2ccc(C(=N)N)cc2)c(C(=O)OCc2ccccc2)c1. The molecule has 0 fully saturated rings. The smallest absolute Gasteiger partial charge is 0.339 e. The van der Waals surface area contributed by atoms with Gasteiger partial charge in [0.05, 0.1) is 25.3 Å². The Hall–Kier alpha value is -5.55. The van der Waals surface area contributed by atoms with Gasteiger partial charge in [0.25, 0.3) is 11.8 Å². The summed E-state index contributed by atoms with van der Waals surface area (Å²) in [5.41, 5.74) is 8.02. The molecular formula is C35H37N5O6. The van der Waals surface area contributed by atoms with E-state index in [2.05, 4.69) is 15.6 Å². The molecule has 0 bridgehead atoms. The number of carbonyl (C=O) groups excluding carboxylic acids is 3. The molecule has 0 aliphatic rings. The van der Waals surface area contributed by atoms with Crippen molar-refractivity contribution < 1.29 is 29.0 Å². The highest BCUT2D eigenvalue weighted by molar-refractivity contribution is 6.10. The molecule has 4 aromatic rings. The van der Waals surface area contributed by atoms with Crippen LogP contribution in [0, 0.1) is 11.3 Å². The van der Waals surface area contributed by atoms with E-state index in [9.17, 15) is 19.5 Å². The number of anilines is 1. The monoisotopic (exact) mass is 623 g/mol. The first-order valence-electron chi connectivity index (χ1n) is 14.7. The van der Waals surface area contributed by atoms with Crippen LogP contribution in [0.4, 0.5) is 5.69 Å². The van der Waals surface area contributed by atoms with Crippen LogP contribution in [0.2, 0.25) is 0 Å². The number of carbonyl (C=O) groups is 3. The Morgan fingerprint density at radius 1 is 0.935 bits per heavy atom.